The van der Waals surface area contributed by atoms with Gasteiger partial charge in [-0.25, -0.2) is 4.79 Å². The molecule has 0 aliphatic heterocycles. The molecule has 60 valence electrons. The average molecular weight is 150 g/mol. The van der Waals surface area contributed by atoms with Crippen LogP contribution >= 0.6 is 0 Å². The van der Waals surface area contributed by atoms with Gasteiger partial charge in [-0.3, -0.25) is 0 Å². The van der Waals surface area contributed by atoms with Crippen molar-refractivity contribution < 1.29 is 24.1 Å². The first kappa shape index (κ1) is 9.19. The second kappa shape index (κ2) is 5.01. The van der Waals surface area contributed by atoms with Crippen LogP contribution in [-0.2, 0) is 14.2 Å². The fraction of sp³-hybridized carbons (Fsp3) is 0.800. The second-order valence-corrected chi connectivity index (χ2v) is 1.50. The zero-order valence-corrected chi connectivity index (χ0v) is 5.86. The van der Waals surface area contributed by atoms with E-state index in [1.165, 1.54) is 14.2 Å². The van der Waals surface area contributed by atoms with Crippen LogP contribution in [0.25, 0.3) is 0 Å². The minimum Gasteiger partial charge on any atom is -0.450 e. The molecule has 0 fully saturated rings. The van der Waals surface area contributed by atoms with Crippen LogP contribution in [0.2, 0.25) is 0 Å². The fourth-order valence-corrected chi connectivity index (χ4v) is 0.399. The molecule has 5 nitrogen and oxygen atoms in total. The van der Waals surface area contributed by atoms with Gasteiger partial charge in [0.05, 0.1) is 0 Å². The van der Waals surface area contributed by atoms with Crippen molar-refractivity contribution in [3.63, 3.8) is 0 Å². The van der Waals surface area contributed by atoms with E-state index >= 15 is 0 Å². The van der Waals surface area contributed by atoms with Gasteiger partial charge in [0.1, 0.15) is 6.61 Å². The SMILES string of the molecule is COCC(OC)OC(=O)O. The van der Waals surface area contributed by atoms with Gasteiger partial charge in [-0.2, -0.15) is 0 Å². The van der Waals surface area contributed by atoms with E-state index in [0.29, 0.717) is 0 Å². The number of carbonyl (C=O) groups is 1. The van der Waals surface area contributed by atoms with Crippen LogP contribution in [0.4, 0.5) is 4.79 Å². The normalized spacial score (nSPS) is 12.6. The molecule has 0 spiro atoms. The molecule has 0 bridgehead atoms. The van der Waals surface area contributed by atoms with Gasteiger partial charge in [0, 0.05) is 14.2 Å². The standard InChI is InChI=1S/C5H10O5/c1-8-3-4(9-2)10-5(6)7/h4H,3H2,1-2H3,(H,6,7). The van der Waals surface area contributed by atoms with Crippen molar-refractivity contribution >= 4 is 6.16 Å². The van der Waals surface area contributed by atoms with Crippen molar-refractivity contribution in [1.82, 2.24) is 0 Å². The molecule has 1 unspecified atom stereocenters. The van der Waals surface area contributed by atoms with Crippen molar-refractivity contribution in [3.8, 4) is 0 Å². The van der Waals surface area contributed by atoms with Gasteiger partial charge in [0.15, 0.2) is 0 Å². The summed E-state index contributed by atoms with van der Waals surface area (Å²) in [6.07, 6.45) is -2.20. The van der Waals surface area contributed by atoms with E-state index in [4.69, 9.17) is 5.11 Å². The van der Waals surface area contributed by atoms with Crippen LogP contribution < -0.4 is 0 Å². The molecule has 0 aliphatic rings. The molecular formula is C5H10O5. The lowest BCUT2D eigenvalue weighted by Gasteiger charge is -2.11. The smallest absolute Gasteiger partial charge is 0.450 e. The number of ether oxygens (including phenoxy) is 3. The highest BCUT2D eigenvalue weighted by Gasteiger charge is 2.10. The van der Waals surface area contributed by atoms with E-state index in [2.05, 4.69) is 14.2 Å². The summed E-state index contributed by atoms with van der Waals surface area (Å²) in [7, 11) is 2.77. The molecule has 1 atom stereocenters. The van der Waals surface area contributed by atoms with Crippen LogP contribution in [0.5, 0.6) is 0 Å². The molecule has 0 amide bonds. The van der Waals surface area contributed by atoms with E-state index < -0.39 is 12.4 Å². The molecule has 1 N–H and O–H groups in total. The zero-order chi connectivity index (χ0) is 7.98. The summed E-state index contributed by atoms with van der Waals surface area (Å²) in [5, 5.41) is 8.08. The second-order valence-electron chi connectivity index (χ2n) is 1.50. The summed E-state index contributed by atoms with van der Waals surface area (Å²) in [6.45, 7) is 0.100. The maximum Gasteiger partial charge on any atom is 0.508 e. The molecule has 0 aliphatic carbocycles. The lowest BCUT2D eigenvalue weighted by atomic mass is 10.7. The van der Waals surface area contributed by atoms with Gasteiger partial charge >= 0.3 is 6.16 Å². The highest BCUT2D eigenvalue weighted by atomic mass is 16.8. The van der Waals surface area contributed by atoms with Gasteiger partial charge in [0.2, 0.25) is 6.29 Å². The first-order chi connectivity index (χ1) is 4.70. The monoisotopic (exact) mass is 150 g/mol. The Hall–Kier alpha value is -0.810. The maximum absolute atomic E-state index is 9.89. The third-order valence-corrected chi connectivity index (χ3v) is 0.798. The summed E-state index contributed by atoms with van der Waals surface area (Å²) in [6, 6.07) is 0. The van der Waals surface area contributed by atoms with Crippen molar-refractivity contribution in [2.45, 2.75) is 6.29 Å². The highest BCUT2D eigenvalue weighted by molar-refractivity contribution is 5.56. The summed E-state index contributed by atoms with van der Waals surface area (Å²) in [5.74, 6) is 0. The third-order valence-electron chi connectivity index (χ3n) is 0.798. The highest BCUT2D eigenvalue weighted by Crippen LogP contribution is 1.93. The van der Waals surface area contributed by atoms with Crippen LogP contribution in [0, 0.1) is 0 Å². The predicted molar refractivity (Wildman–Crippen MR) is 31.8 cm³/mol. The fourth-order valence-electron chi connectivity index (χ4n) is 0.399. The predicted octanol–water partition coefficient (Wildman–Crippen LogP) is 0.300. The summed E-state index contributed by atoms with van der Waals surface area (Å²) >= 11 is 0. The number of carboxylic acid groups (broad SMARTS) is 1. The molecule has 0 radical (unpaired) electrons. The van der Waals surface area contributed by atoms with Crippen LogP contribution in [0.3, 0.4) is 0 Å². The quantitative estimate of drug-likeness (QED) is 0.461. The number of hydrogen-bond donors (Lipinski definition) is 1. The first-order valence-corrected chi connectivity index (χ1v) is 2.62. The maximum atomic E-state index is 9.89. The summed E-state index contributed by atoms with van der Waals surface area (Å²) in [4.78, 5) is 9.89. The van der Waals surface area contributed by atoms with Crippen molar-refractivity contribution in [3.05, 3.63) is 0 Å². The van der Waals surface area contributed by atoms with Gasteiger partial charge in [-0.1, -0.05) is 0 Å². The Morgan fingerprint density at radius 1 is 1.60 bits per heavy atom. The third kappa shape index (κ3) is 4.11. The molecule has 0 aromatic rings. The van der Waals surface area contributed by atoms with Crippen LogP contribution in [0.1, 0.15) is 0 Å². The lowest BCUT2D eigenvalue weighted by Crippen LogP contribution is -2.23. The van der Waals surface area contributed by atoms with Crippen molar-refractivity contribution in [1.29, 1.82) is 0 Å². The Bertz CT molecular complexity index is 102. The van der Waals surface area contributed by atoms with E-state index in [1.807, 2.05) is 0 Å². The van der Waals surface area contributed by atoms with Gasteiger partial charge in [-0.05, 0) is 0 Å². The summed E-state index contributed by atoms with van der Waals surface area (Å²) in [5.41, 5.74) is 0. The topological polar surface area (TPSA) is 65.0 Å². The summed E-state index contributed by atoms with van der Waals surface area (Å²) < 4.78 is 13.4. The molecule has 0 aromatic heterocycles. The Kier molecular flexibility index (Phi) is 4.61. The van der Waals surface area contributed by atoms with Gasteiger partial charge < -0.3 is 19.3 Å². The van der Waals surface area contributed by atoms with Crippen molar-refractivity contribution in [2.75, 3.05) is 20.8 Å². The minimum absolute atomic E-state index is 0.100. The first-order valence-electron chi connectivity index (χ1n) is 2.62. The Morgan fingerprint density at radius 3 is 2.50 bits per heavy atom. The molecule has 0 heterocycles. The van der Waals surface area contributed by atoms with E-state index in [-0.39, 0.29) is 6.61 Å². The molecule has 0 saturated carbocycles. The largest absolute Gasteiger partial charge is 0.508 e. The Morgan fingerprint density at radius 2 is 2.20 bits per heavy atom. The molecule has 0 saturated heterocycles. The van der Waals surface area contributed by atoms with Gasteiger partial charge in [-0.15, -0.1) is 0 Å². The zero-order valence-electron chi connectivity index (χ0n) is 5.86. The van der Waals surface area contributed by atoms with Crippen molar-refractivity contribution in [2.24, 2.45) is 0 Å². The average Bonchev–Trinajstić information content (AvgIpc) is 1.86. The van der Waals surface area contributed by atoms with E-state index in [1.54, 1.807) is 0 Å². The Balaban J connectivity index is 3.49. The molecular weight excluding hydrogens is 140 g/mol. The van der Waals surface area contributed by atoms with E-state index in [9.17, 15) is 4.79 Å². The number of hydrogen-bond acceptors (Lipinski definition) is 4. The number of rotatable bonds is 4. The molecule has 0 rings (SSSR count). The molecule has 0 aromatic carbocycles. The number of methoxy groups -OCH3 is 2. The lowest BCUT2D eigenvalue weighted by molar-refractivity contribution is -0.126. The van der Waals surface area contributed by atoms with Crippen LogP contribution in [-0.4, -0.2) is 38.4 Å². The molecule has 5 heteroatoms. The van der Waals surface area contributed by atoms with Crippen LogP contribution in [0.15, 0.2) is 0 Å². The molecule has 10 heavy (non-hydrogen) atoms. The minimum atomic E-state index is -1.37. The van der Waals surface area contributed by atoms with Gasteiger partial charge in [0.25, 0.3) is 0 Å². The Labute approximate surface area is 58.5 Å². The van der Waals surface area contributed by atoms with E-state index in [0.717, 1.165) is 0 Å².